The molecule has 1 aliphatic rings. The van der Waals surface area contributed by atoms with Crippen LogP contribution in [0.2, 0.25) is 0 Å². The molecule has 7 heteroatoms. The van der Waals surface area contributed by atoms with Crippen molar-refractivity contribution < 1.29 is 0 Å². The molecule has 0 bridgehead atoms. The van der Waals surface area contributed by atoms with Crippen LogP contribution in [0.25, 0.3) is 0 Å². The van der Waals surface area contributed by atoms with E-state index < -0.39 is 11.2 Å². The topological polar surface area (TPSA) is 108 Å². The molecule has 1 aromatic heterocycles. The van der Waals surface area contributed by atoms with Gasteiger partial charge < -0.3 is 10.6 Å². The number of nitrogens with zero attached hydrogens (tertiary/aromatic N) is 2. The lowest BCUT2D eigenvalue weighted by Gasteiger charge is -2.31. The van der Waals surface area contributed by atoms with Crippen LogP contribution in [-0.2, 0) is 0 Å². The van der Waals surface area contributed by atoms with E-state index in [1.165, 1.54) is 25.7 Å². The number of hydrogen-bond acceptors (Lipinski definition) is 5. The lowest BCUT2D eigenvalue weighted by Crippen LogP contribution is -2.42. The highest BCUT2D eigenvalue weighted by molar-refractivity contribution is 5.35. The van der Waals surface area contributed by atoms with Gasteiger partial charge in [-0.3, -0.25) is 9.78 Å². The lowest BCUT2D eigenvalue weighted by molar-refractivity contribution is 0.510. The Hall–Kier alpha value is -1.63. The summed E-state index contributed by atoms with van der Waals surface area (Å²) >= 11 is 0. The van der Waals surface area contributed by atoms with E-state index in [1.54, 1.807) is 0 Å². The summed E-state index contributed by atoms with van der Waals surface area (Å²) in [4.78, 5) is 27.3. The first kappa shape index (κ1) is 14.8. The molecule has 112 valence electrons. The van der Waals surface area contributed by atoms with Crippen molar-refractivity contribution in [3.63, 3.8) is 0 Å². The molecule has 2 rings (SSSR count). The zero-order valence-corrected chi connectivity index (χ0v) is 11.7. The molecule has 0 spiro atoms. The maximum Gasteiger partial charge on any atom is 0.342 e. The van der Waals surface area contributed by atoms with E-state index in [1.807, 2.05) is 4.90 Å². The Morgan fingerprint density at radius 2 is 1.90 bits per heavy atom. The normalized spacial score (nSPS) is 16.9. The third-order valence-corrected chi connectivity index (χ3v) is 3.83. The van der Waals surface area contributed by atoms with E-state index in [4.69, 9.17) is 5.73 Å². The van der Waals surface area contributed by atoms with E-state index >= 15 is 0 Å². The molecule has 0 atom stereocenters. The maximum atomic E-state index is 12.0. The Morgan fingerprint density at radius 1 is 1.20 bits per heavy atom. The lowest BCUT2D eigenvalue weighted by atomic mass is 10.1. The average Bonchev–Trinajstić information content (AvgIpc) is 2.70. The second kappa shape index (κ2) is 7.23. The Morgan fingerprint density at radius 3 is 2.50 bits per heavy atom. The Balaban J connectivity index is 2.25. The molecule has 1 saturated carbocycles. The Kier molecular flexibility index (Phi) is 5.34. The largest absolute Gasteiger partial charge is 0.348 e. The average molecular weight is 281 g/mol. The van der Waals surface area contributed by atoms with Crippen molar-refractivity contribution >= 4 is 5.82 Å². The number of nitrogens with one attached hydrogen (secondary N) is 2. The molecule has 1 fully saturated rings. The molecule has 0 saturated heterocycles. The zero-order valence-electron chi connectivity index (χ0n) is 11.7. The molecule has 7 nitrogen and oxygen atoms in total. The van der Waals surface area contributed by atoms with Crippen molar-refractivity contribution in [3.05, 3.63) is 20.8 Å². The summed E-state index contributed by atoms with van der Waals surface area (Å²) in [5.74, 6) is 0.310. The Labute approximate surface area is 117 Å². The van der Waals surface area contributed by atoms with Crippen molar-refractivity contribution in [3.8, 4) is 0 Å². The first-order valence-corrected chi connectivity index (χ1v) is 7.38. The van der Waals surface area contributed by atoms with Crippen molar-refractivity contribution in [1.29, 1.82) is 0 Å². The van der Waals surface area contributed by atoms with Gasteiger partial charge in [0.1, 0.15) is 0 Å². The van der Waals surface area contributed by atoms with Gasteiger partial charge in [0.25, 0.3) is 5.56 Å². The van der Waals surface area contributed by atoms with Crippen LogP contribution in [0.4, 0.5) is 5.82 Å². The quantitative estimate of drug-likeness (QED) is 0.674. The molecule has 1 aromatic rings. The van der Waals surface area contributed by atoms with Crippen LogP contribution in [0.5, 0.6) is 0 Å². The zero-order chi connectivity index (χ0) is 14.4. The predicted octanol–water partition coefficient (Wildman–Crippen LogP) is 0.336. The molecule has 4 N–H and O–H groups in total. The maximum absolute atomic E-state index is 12.0. The number of anilines is 1. The van der Waals surface area contributed by atoms with Crippen LogP contribution in [0.15, 0.2) is 9.59 Å². The van der Waals surface area contributed by atoms with E-state index in [9.17, 15) is 9.59 Å². The van der Waals surface area contributed by atoms with Crippen molar-refractivity contribution in [2.75, 3.05) is 18.0 Å². The predicted molar refractivity (Wildman–Crippen MR) is 78.0 cm³/mol. The molecular weight excluding hydrogens is 258 g/mol. The minimum Gasteiger partial charge on any atom is -0.348 e. The number of nitrogens with two attached hydrogens (primary N) is 1. The summed E-state index contributed by atoms with van der Waals surface area (Å²) in [6, 6.07) is 0.309. The first-order chi connectivity index (χ1) is 9.72. The molecule has 0 radical (unpaired) electrons. The van der Waals surface area contributed by atoms with Gasteiger partial charge in [-0.1, -0.05) is 25.7 Å². The highest BCUT2D eigenvalue weighted by Crippen LogP contribution is 2.23. The van der Waals surface area contributed by atoms with Gasteiger partial charge in [0.15, 0.2) is 0 Å². The molecule has 0 aromatic carbocycles. The van der Waals surface area contributed by atoms with Crippen LogP contribution in [0.1, 0.15) is 44.9 Å². The Bertz CT molecular complexity index is 516. The summed E-state index contributed by atoms with van der Waals surface area (Å²) in [6.07, 6.45) is 7.76. The van der Waals surface area contributed by atoms with Gasteiger partial charge in [0.05, 0.1) is 0 Å². The first-order valence-electron chi connectivity index (χ1n) is 7.38. The molecule has 20 heavy (non-hydrogen) atoms. The standard InChI is InChI=1S/C13H23N5O2/c14-8-5-9-18(10-6-3-1-2-4-7-10)11-12(19)15-13(20)17-16-11/h10H,1-9,14H2,(H2,15,17,19,20). The van der Waals surface area contributed by atoms with E-state index in [0.29, 0.717) is 24.9 Å². The highest BCUT2D eigenvalue weighted by Gasteiger charge is 2.23. The number of H-pyrrole nitrogens is 2. The fourth-order valence-corrected chi connectivity index (χ4v) is 2.83. The third kappa shape index (κ3) is 3.69. The molecule has 0 aliphatic heterocycles. The fourth-order valence-electron chi connectivity index (χ4n) is 2.83. The van der Waals surface area contributed by atoms with Crippen molar-refractivity contribution in [2.24, 2.45) is 5.73 Å². The van der Waals surface area contributed by atoms with Gasteiger partial charge in [-0.25, -0.2) is 9.89 Å². The number of rotatable bonds is 5. The van der Waals surface area contributed by atoms with Gasteiger partial charge in [-0.15, -0.1) is 5.10 Å². The van der Waals surface area contributed by atoms with Gasteiger partial charge >= 0.3 is 5.69 Å². The van der Waals surface area contributed by atoms with Crippen LogP contribution in [-0.4, -0.2) is 34.3 Å². The monoisotopic (exact) mass is 281 g/mol. The van der Waals surface area contributed by atoms with Crippen LogP contribution < -0.4 is 21.9 Å². The molecule has 1 heterocycles. The van der Waals surface area contributed by atoms with E-state index in [-0.39, 0.29) is 0 Å². The van der Waals surface area contributed by atoms with E-state index in [0.717, 1.165) is 19.3 Å². The van der Waals surface area contributed by atoms with Crippen molar-refractivity contribution in [1.82, 2.24) is 15.2 Å². The fraction of sp³-hybridized carbons (Fsp3) is 0.769. The summed E-state index contributed by atoms with van der Waals surface area (Å²) in [7, 11) is 0. The number of hydrogen-bond donors (Lipinski definition) is 3. The SMILES string of the molecule is NCCCN(c1n[nH]c(=O)[nH]c1=O)C1CCCCCC1. The number of aromatic amines is 2. The van der Waals surface area contributed by atoms with Crippen LogP contribution in [0, 0.1) is 0 Å². The molecular formula is C13H23N5O2. The molecule has 1 aliphatic carbocycles. The van der Waals surface area contributed by atoms with Crippen LogP contribution in [0.3, 0.4) is 0 Å². The summed E-state index contributed by atoms with van der Waals surface area (Å²) < 4.78 is 0. The number of aromatic nitrogens is 3. The van der Waals surface area contributed by atoms with Crippen LogP contribution >= 0.6 is 0 Å². The summed E-state index contributed by atoms with van der Waals surface area (Å²) in [5, 5.41) is 6.26. The van der Waals surface area contributed by atoms with Gasteiger partial charge in [-0.05, 0) is 25.8 Å². The minimum atomic E-state index is -0.571. The molecule has 0 unspecified atom stereocenters. The van der Waals surface area contributed by atoms with Gasteiger partial charge in [-0.2, -0.15) is 0 Å². The summed E-state index contributed by atoms with van der Waals surface area (Å²) in [6.45, 7) is 1.27. The minimum absolute atomic E-state index is 0.309. The van der Waals surface area contributed by atoms with E-state index in [2.05, 4.69) is 15.2 Å². The smallest absolute Gasteiger partial charge is 0.342 e. The highest BCUT2D eigenvalue weighted by atomic mass is 16.2. The second-order valence-electron chi connectivity index (χ2n) is 5.31. The van der Waals surface area contributed by atoms with Gasteiger partial charge in [0, 0.05) is 12.6 Å². The van der Waals surface area contributed by atoms with Gasteiger partial charge in [0.2, 0.25) is 5.82 Å². The third-order valence-electron chi connectivity index (χ3n) is 3.83. The summed E-state index contributed by atoms with van der Waals surface area (Å²) in [5.41, 5.74) is 4.59. The molecule has 0 amide bonds. The van der Waals surface area contributed by atoms with Crippen molar-refractivity contribution in [2.45, 2.75) is 51.0 Å². The second-order valence-corrected chi connectivity index (χ2v) is 5.31.